The predicted molar refractivity (Wildman–Crippen MR) is 65.6 cm³/mol. The monoisotopic (exact) mass is 263 g/mol. The highest BCUT2D eigenvalue weighted by molar-refractivity contribution is 6.03. The molecule has 0 fully saturated rings. The van der Waals surface area contributed by atoms with Gasteiger partial charge in [0.05, 0.1) is 36.6 Å². The lowest BCUT2D eigenvalue weighted by Gasteiger charge is -1.99. The van der Waals surface area contributed by atoms with Gasteiger partial charge in [0, 0.05) is 19.4 Å². The summed E-state index contributed by atoms with van der Waals surface area (Å²) in [5.74, 6) is -1.22. The Morgan fingerprint density at radius 1 is 1.32 bits per heavy atom. The molecule has 0 atom stereocenters. The van der Waals surface area contributed by atoms with Crippen molar-refractivity contribution >= 4 is 17.6 Å². The van der Waals surface area contributed by atoms with E-state index in [4.69, 9.17) is 5.11 Å². The molecular formula is C11H13N5O3. The number of nitrogens with one attached hydrogen (secondary N) is 1. The lowest BCUT2D eigenvalue weighted by Crippen LogP contribution is -2.10. The largest absolute Gasteiger partial charge is 0.481 e. The molecule has 0 bridgehead atoms. The first-order chi connectivity index (χ1) is 9.04. The van der Waals surface area contributed by atoms with E-state index in [2.05, 4.69) is 15.5 Å². The van der Waals surface area contributed by atoms with Crippen LogP contribution in [0.25, 0.3) is 0 Å². The number of anilines is 1. The van der Waals surface area contributed by atoms with Gasteiger partial charge in [-0.3, -0.25) is 19.0 Å². The van der Waals surface area contributed by atoms with Crippen molar-refractivity contribution in [1.29, 1.82) is 0 Å². The zero-order valence-electron chi connectivity index (χ0n) is 10.3. The van der Waals surface area contributed by atoms with Gasteiger partial charge in [0.25, 0.3) is 5.91 Å². The second-order valence-corrected chi connectivity index (χ2v) is 3.99. The van der Waals surface area contributed by atoms with Crippen LogP contribution in [-0.2, 0) is 18.4 Å². The molecule has 0 saturated heterocycles. The molecule has 1 amide bonds. The van der Waals surface area contributed by atoms with Crippen molar-refractivity contribution in [3.05, 3.63) is 30.4 Å². The molecule has 100 valence electrons. The van der Waals surface area contributed by atoms with Crippen molar-refractivity contribution < 1.29 is 14.7 Å². The summed E-state index contributed by atoms with van der Waals surface area (Å²) in [5, 5.41) is 19.1. The number of carboxylic acids is 1. The Balaban J connectivity index is 1.97. The molecule has 8 nitrogen and oxygen atoms in total. The molecule has 0 spiro atoms. The summed E-state index contributed by atoms with van der Waals surface area (Å²) in [6.07, 6.45) is 6.08. The van der Waals surface area contributed by atoms with Crippen LogP contribution in [0.15, 0.2) is 24.8 Å². The average Bonchev–Trinajstić information content (AvgIpc) is 2.95. The highest BCUT2D eigenvalue weighted by Gasteiger charge is 2.10. The predicted octanol–water partition coefficient (Wildman–Crippen LogP) is 0.344. The van der Waals surface area contributed by atoms with Gasteiger partial charge in [0.15, 0.2) is 0 Å². The van der Waals surface area contributed by atoms with E-state index < -0.39 is 5.97 Å². The lowest BCUT2D eigenvalue weighted by atomic mass is 10.3. The third-order valence-corrected chi connectivity index (χ3v) is 2.41. The zero-order valence-corrected chi connectivity index (χ0v) is 10.3. The number of hydrogen-bond acceptors (Lipinski definition) is 4. The number of aryl methyl sites for hydroxylation is 2. The number of aliphatic carboxylic acids is 1. The molecular weight excluding hydrogens is 250 g/mol. The lowest BCUT2D eigenvalue weighted by molar-refractivity contribution is -0.137. The van der Waals surface area contributed by atoms with E-state index >= 15 is 0 Å². The number of carboxylic acid groups (broad SMARTS) is 1. The Morgan fingerprint density at radius 3 is 2.74 bits per heavy atom. The molecule has 0 aliphatic rings. The van der Waals surface area contributed by atoms with Gasteiger partial charge >= 0.3 is 5.97 Å². The van der Waals surface area contributed by atoms with Gasteiger partial charge in [-0.2, -0.15) is 10.2 Å². The van der Waals surface area contributed by atoms with Gasteiger partial charge in [-0.05, 0) is 0 Å². The summed E-state index contributed by atoms with van der Waals surface area (Å²) >= 11 is 0. The van der Waals surface area contributed by atoms with Gasteiger partial charge in [-0.25, -0.2) is 0 Å². The standard InChI is InChI=1S/C11H13N5O3/c1-15-7-9(5-12-15)14-11(19)8-4-13-16(6-8)3-2-10(17)18/h4-7H,2-3H2,1H3,(H,14,19)(H,17,18). The highest BCUT2D eigenvalue weighted by atomic mass is 16.4. The maximum atomic E-state index is 11.9. The summed E-state index contributed by atoms with van der Waals surface area (Å²) in [6, 6.07) is 0. The Kier molecular flexibility index (Phi) is 3.60. The van der Waals surface area contributed by atoms with Crippen LogP contribution in [0.2, 0.25) is 0 Å². The van der Waals surface area contributed by atoms with Crippen molar-refractivity contribution in [2.45, 2.75) is 13.0 Å². The van der Waals surface area contributed by atoms with Crippen LogP contribution in [0.3, 0.4) is 0 Å². The van der Waals surface area contributed by atoms with Gasteiger partial charge in [0.2, 0.25) is 0 Å². The number of carbonyl (C=O) groups excluding carboxylic acids is 1. The van der Waals surface area contributed by atoms with Crippen molar-refractivity contribution in [3.63, 3.8) is 0 Å². The van der Waals surface area contributed by atoms with E-state index in [1.54, 1.807) is 17.9 Å². The third kappa shape index (κ3) is 3.41. The van der Waals surface area contributed by atoms with Gasteiger partial charge in [0.1, 0.15) is 0 Å². The summed E-state index contributed by atoms with van der Waals surface area (Å²) in [4.78, 5) is 22.3. The molecule has 2 N–H and O–H groups in total. The van der Waals surface area contributed by atoms with E-state index in [9.17, 15) is 9.59 Å². The molecule has 8 heteroatoms. The Bertz CT molecular complexity index is 601. The number of amides is 1. The molecule has 2 rings (SSSR count). The van der Waals surface area contributed by atoms with Crippen LogP contribution in [-0.4, -0.2) is 36.5 Å². The van der Waals surface area contributed by atoms with Crippen LogP contribution in [0.1, 0.15) is 16.8 Å². The Morgan fingerprint density at radius 2 is 2.11 bits per heavy atom. The van der Waals surface area contributed by atoms with E-state index in [1.807, 2.05) is 0 Å². The first-order valence-electron chi connectivity index (χ1n) is 5.59. The summed E-state index contributed by atoms with van der Waals surface area (Å²) < 4.78 is 3.00. The average molecular weight is 263 g/mol. The SMILES string of the molecule is Cn1cc(NC(=O)c2cnn(CCC(=O)O)c2)cn1. The van der Waals surface area contributed by atoms with Gasteiger partial charge in [-0.1, -0.05) is 0 Å². The minimum atomic E-state index is -0.906. The van der Waals surface area contributed by atoms with Crippen LogP contribution in [0.5, 0.6) is 0 Å². The number of nitrogens with zero attached hydrogens (tertiary/aromatic N) is 4. The maximum Gasteiger partial charge on any atom is 0.305 e. The molecule has 2 heterocycles. The molecule has 0 aliphatic carbocycles. The van der Waals surface area contributed by atoms with E-state index in [1.165, 1.54) is 23.3 Å². The van der Waals surface area contributed by atoms with Crippen LogP contribution >= 0.6 is 0 Å². The fourth-order valence-electron chi connectivity index (χ4n) is 1.50. The first-order valence-corrected chi connectivity index (χ1v) is 5.59. The molecule has 0 unspecified atom stereocenters. The summed E-state index contributed by atoms with van der Waals surface area (Å²) in [7, 11) is 1.75. The van der Waals surface area contributed by atoms with Gasteiger partial charge < -0.3 is 10.4 Å². The van der Waals surface area contributed by atoms with Crippen molar-refractivity contribution in [2.24, 2.45) is 7.05 Å². The van der Waals surface area contributed by atoms with E-state index in [0.717, 1.165) is 0 Å². The fraction of sp³-hybridized carbons (Fsp3) is 0.273. The Labute approximate surface area is 108 Å². The summed E-state index contributed by atoms with van der Waals surface area (Å²) in [6.45, 7) is 0.232. The molecule has 0 aromatic carbocycles. The molecule has 0 saturated carbocycles. The molecule has 0 radical (unpaired) electrons. The smallest absolute Gasteiger partial charge is 0.305 e. The number of rotatable bonds is 5. The number of hydrogen-bond donors (Lipinski definition) is 2. The normalized spacial score (nSPS) is 10.4. The van der Waals surface area contributed by atoms with Crippen LogP contribution in [0.4, 0.5) is 5.69 Å². The first kappa shape index (κ1) is 12.8. The number of carbonyl (C=O) groups is 2. The van der Waals surface area contributed by atoms with Crippen LogP contribution in [0, 0.1) is 0 Å². The van der Waals surface area contributed by atoms with E-state index in [0.29, 0.717) is 11.3 Å². The third-order valence-electron chi connectivity index (χ3n) is 2.41. The van der Waals surface area contributed by atoms with Crippen LogP contribution < -0.4 is 5.32 Å². The van der Waals surface area contributed by atoms with E-state index in [-0.39, 0.29) is 18.9 Å². The molecule has 19 heavy (non-hydrogen) atoms. The fourth-order valence-corrected chi connectivity index (χ4v) is 1.50. The van der Waals surface area contributed by atoms with Gasteiger partial charge in [-0.15, -0.1) is 0 Å². The second kappa shape index (κ2) is 5.34. The van der Waals surface area contributed by atoms with Crippen molar-refractivity contribution in [2.75, 3.05) is 5.32 Å². The van der Waals surface area contributed by atoms with Crippen molar-refractivity contribution in [3.8, 4) is 0 Å². The quantitative estimate of drug-likeness (QED) is 0.810. The zero-order chi connectivity index (χ0) is 13.8. The second-order valence-electron chi connectivity index (χ2n) is 3.99. The molecule has 2 aromatic rings. The minimum Gasteiger partial charge on any atom is -0.481 e. The molecule has 2 aromatic heterocycles. The highest BCUT2D eigenvalue weighted by Crippen LogP contribution is 2.07. The van der Waals surface area contributed by atoms with Crippen molar-refractivity contribution in [1.82, 2.24) is 19.6 Å². The maximum absolute atomic E-state index is 11.9. The topological polar surface area (TPSA) is 102 Å². The number of aromatic nitrogens is 4. The summed E-state index contributed by atoms with van der Waals surface area (Å²) in [5.41, 5.74) is 0.958. The Hall–Kier alpha value is -2.64. The molecule has 0 aliphatic heterocycles. The minimum absolute atomic E-state index is 0.0364.